The molecule has 0 unspecified atom stereocenters. The van der Waals surface area contributed by atoms with Gasteiger partial charge < -0.3 is 5.11 Å². The van der Waals surface area contributed by atoms with E-state index in [0.717, 1.165) is 23.4 Å². The molecule has 0 atom stereocenters. The van der Waals surface area contributed by atoms with Gasteiger partial charge in [-0.05, 0) is 36.8 Å². The Hall–Kier alpha value is -2.39. The van der Waals surface area contributed by atoms with Gasteiger partial charge >= 0.3 is 5.97 Å². The molecule has 0 bridgehead atoms. The van der Waals surface area contributed by atoms with E-state index >= 15 is 0 Å². The van der Waals surface area contributed by atoms with Crippen LogP contribution in [0.1, 0.15) is 21.5 Å². The number of benzene rings is 1. The van der Waals surface area contributed by atoms with Crippen LogP contribution in [-0.4, -0.2) is 16.1 Å². The van der Waals surface area contributed by atoms with Gasteiger partial charge in [0, 0.05) is 6.20 Å². The molecule has 0 radical (unpaired) electrons. The highest BCUT2D eigenvalue weighted by Crippen LogP contribution is 2.32. The molecule has 0 saturated heterocycles. The first kappa shape index (κ1) is 14.0. The number of halogens is 1. The van der Waals surface area contributed by atoms with E-state index in [1.165, 1.54) is 18.3 Å². The lowest BCUT2D eigenvalue weighted by molar-refractivity contribution is 0.0696. The number of aromatic nitrogens is 1. The number of carbonyl (C=O) groups is 1. The van der Waals surface area contributed by atoms with Crippen molar-refractivity contribution in [3.63, 3.8) is 0 Å². The van der Waals surface area contributed by atoms with E-state index in [9.17, 15) is 9.18 Å². The Morgan fingerprint density at radius 2 is 2.20 bits per heavy atom. The number of hydrogen-bond acceptors (Lipinski definition) is 4. The smallest absolute Gasteiger partial charge is 0.335 e. The number of carboxylic acids is 1. The lowest BCUT2D eigenvalue weighted by atomic mass is 10.2. The molecule has 0 aliphatic heterocycles. The number of pyridine rings is 1. The van der Waals surface area contributed by atoms with Gasteiger partial charge in [0.05, 0.1) is 16.0 Å². The molecule has 2 rings (SSSR count). The molecule has 1 aromatic heterocycles. The molecule has 0 fully saturated rings. The zero-order valence-electron chi connectivity index (χ0n) is 10.4. The van der Waals surface area contributed by atoms with E-state index in [0.29, 0.717) is 10.6 Å². The summed E-state index contributed by atoms with van der Waals surface area (Å²) < 4.78 is 13.7. The molecule has 0 aliphatic rings. The molecule has 4 nitrogen and oxygen atoms in total. The highest BCUT2D eigenvalue weighted by atomic mass is 32.2. The monoisotopic (exact) mass is 288 g/mol. The number of carboxylic acid groups (broad SMARTS) is 1. The molecule has 0 spiro atoms. The van der Waals surface area contributed by atoms with Gasteiger partial charge in [-0.3, -0.25) is 0 Å². The average Bonchev–Trinajstić information content (AvgIpc) is 2.41. The van der Waals surface area contributed by atoms with Crippen molar-refractivity contribution >= 4 is 17.7 Å². The Bertz CT molecular complexity index is 726. The summed E-state index contributed by atoms with van der Waals surface area (Å²) in [4.78, 5) is 15.1. The summed E-state index contributed by atoms with van der Waals surface area (Å²) in [6.07, 6.45) is 1.53. The third-order valence-corrected chi connectivity index (χ3v) is 3.66. The minimum absolute atomic E-state index is 0.0138. The maximum atomic E-state index is 13.7. The Labute approximate surface area is 118 Å². The summed E-state index contributed by atoms with van der Waals surface area (Å²) in [5, 5.41) is 18.4. The first-order valence-corrected chi connectivity index (χ1v) is 6.41. The van der Waals surface area contributed by atoms with E-state index in [-0.39, 0.29) is 10.5 Å². The summed E-state index contributed by atoms with van der Waals surface area (Å²) in [6, 6.07) is 7.22. The molecular formula is C14H9FN2O2S. The molecule has 6 heteroatoms. The highest BCUT2D eigenvalue weighted by molar-refractivity contribution is 7.99. The molecule has 0 amide bonds. The maximum Gasteiger partial charge on any atom is 0.335 e. The first-order valence-electron chi connectivity index (χ1n) is 5.59. The largest absolute Gasteiger partial charge is 0.478 e. The second kappa shape index (κ2) is 5.72. The van der Waals surface area contributed by atoms with Gasteiger partial charge in [-0.2, -0.15) is 5.26 Å². The summed E-state index contributed by atoms with van der Waals surface area (Å²) in [6.45, 7) is 1.76. The third kappa shape index (κ3) is 2.78. The van der Waals surface area contributed by atoms with Crippen LogP contribution in [0.2, 0.25) is 0 Å². The quantitative estimate of drug-likeness (QED) is 0.938. The Kier molecular flexibility index (Phi) is 4.01. The molecule has 100 valence electrons. The zero-order chi connectivity index (χ0) is 14.7. The van der Waals surface area contributed by atoms with Crippen molar-refractivity contribution in [1.29, 1.82) is 5.26 Å². The number of aromatic carboxylic acids is 1. The van der Waals surface area contributed by atoms with Crippen molar-refractivity contribution in [3.8, 4) is 6.07 Å². The van der Waals surface area contributed by atoms with E-state index in [1.54, 1.807) is 13.0 Å². The molecule has 0 aliphatic carbocycles. The molecular weight excluding hydrogens is 279 g/mol. The molecule has 1 heterocycles. The standard InChI is InChI=1S/C14H9FN2O2S/c1-8-4-5-17-13(10(8)7-16)20-12-6-9(14(18)19)2-3-11(12)15/h2-6H,1H3,(H,18,19). The van der Waals surface area contributed by atoms with Crippen molar-refractivity contribution < 1.29 is 14.3 Å². The number of rotatable bonds is 3. The van der Waals surface area contributed by atoms with Gasteiger partial charge in [0.25, 0.3) is 0 Å². The summed E-state index contributed by atoms with van der Waals surface area (Å²) in [5.74, 6) is -1.68. The topological polar surface area (TPSA) is 74.0 Å². The van der Waals surface area contributed by atoms with E-state index in [1.807, 2.05) is 6.07 Å². The Morgan fingerprint density at radius 1 is 1.45 bits per heavy atom. The van der Waals surface area contributed by atoms with Crippen LogP contribution >= 0.6 is 11.8 Å². The van der Waals surface area contributed by atoms with Crippen molar-refractivity contribution in [2.45, 2.75) is 16.8 Å². The summed E-state index contributed by atoms with van der Waals surface area (Å²) in [7, 11) is 0. The fourth-order valence-electron chi connectivity index (χ4n) is 1.57. The maximum absolute atomic E-state index is 13.7. The van der Waals surface area contributed by atoms with Gasteiger partial charge in [0.2, 0.25) is 0 Å². The first-order chi connectivity index (χ1) is 9.52. The molecule has 1 N–H and O–H groups in total. The van der Waals surface area contributed by atoms with Crippen molar-refractivity contribution in [3.05, 3.63) is 53.0 Å². The zero-order valence-corrected chi connectivity index (χ0v) is 11.2. The van der Waals surface area contributed by atoms with E-state index in [4.69, 9.17) is 10.4 Å². The highest BCUT2D eigenvalue weighted by Gasteiger charge is 2.13. The van der Waals surface area contributed by atoms with Gasteiger partial charge in [-0.25, -0.2) is 14.2 Å². The molecule has 1 aromatic carbocycles. The van der Waals surface area contributed by atoms with Gasteiger partial charge in [0.15, 0.2) is 0 Å². The van der Waals surface area contributed by atoms with Crippen LogP contribution in [0.25, 0.3) is 0 Å². The van der Waals surface area contributed by atoms with E-state index in [2.05, 4.69) is 4.98 Å². The molecule has 0 saturated carbocycles. The number of hydrogen-bond donors (Lipinski definition) is 1. The van der Waals surface area contributed by atoms with E-state index < -0.39 is 11.8 Å². The SMILES string of the molecule is Cc1ccnc(Sc2cc(C(=O)O)ccc2F)c1C#N. The minimum Gasteiger partial charge on any atom is -0.478 e. The Morgan fingerprint density at radius 3 is 2.85 bits per heavy atom. The van der Waals surface area contributed by atoms with Crippen molar-refractivity contribution in [1.82, 2.24) is 4.98 Å². The second-order valence-corrected chi connectivity index (χ2v) is 5.00. The summed E-state index contributed by atoms with van der Waals surface area (Å²) in [5.41, 5.74) is 1.08. The number of nitrogens with zero attached hydrogens (tertiary/aromatic N) is 2. The van der Waals surface area contributed by atoms with Gasteiger partial charge in [-0.15, -0.1) is 0 Å². The van der Waals surface area contributed by atoms with Crippen LogP contribution in [0.3, 0.4) is 0 Å². The predicted molar refractivity (Wildman–Crippen MR) is 71.2 cm³/mol. The van der Waals surface area contributed by atoms with Crippen LogP contribution in [0, 0.1) is 24.1 Å². The molecule has 2 aromatic rings. The molecule has 20 heavy (non-hydrogen) atoms. The number of nitriles is 1. The van der Waals surface area contributed by atoms with Crippen molar-refractivity contribution in [2.24, 2.45) is 0 Å². The fourth-order valence-corrected chi connectivity index (χ4v) is 2.55. The second-order valence-electron chi connectivity index (χ2n) is 3.97. The normalized spacial score (nSPS) is 10.1. The van der Waals surface area contributed by atoms with Crippen LogP contribution in [0.15, 0.2) is 40.4 Å². The van der Waals surface area contributed by atoms with Gasteiger partial charge in [-0.1, -0.05) is 11.8 Å². The van der Waals surface area contributed by atoms with Crippen LogP contribution in [0.4, 0.5) is 4.39 Å². The lowest BCUT2D eigenvalue weighted by Gasteiger charge is -2.06. The third-order valence-electron chi connectivity index (χ3n) is 2.62. The minimum atomic E-state index is -1.13. The van der Waals surface area contributed by atoms with Crippen LogP contribution < -0.4 is 0 Å². The summed E-state index contributed by atoms with van der Waals surface area (Å²) >= 11 is 0.939. The average molecular weight is 288 g/mol. The number of aryl methyl sites for hydroxylation is 1. The Balaban J connectivity index is 2.45. The fraction of sp³-hybridized carbons (Fsp3) is 0.0714. The predicted octanol–water partition coefficient (Wildman–Crippen LogP) is 3.25. The lowest BCUT2D eigenvalue weighted by Crippen LogP contribution is -1.98. The van der Waals surface area contributed by atoms with Crippen molar-refractivity contribution in [2.75, 3.05) is 0 Å². The van der Waals surface area contributed by atoms with Gasteiger partial charge in [0.1, 0.15) is 16.9 Å². The van der Waals surface area contributed by atoms with Crippen LogP contribution in [0.5, 0.6) is 0 Å². The van der Waals surface area contributed by atoms with Crippen LogP contribution in [-0.2, 0) is 0 Å².